The summed E-state index contributed by atoms with van der Waals surface area (Å²) in [7, 11) is 3.49. The van der Waals surface area contributed by atoms with Gasteiger partial charge in [0, 0.05) is 48.5 Å². The molecule has 0 aliphatic carbocycles. The molecule has 0 saturated heterocycles. The van der Waals surface area contributed by atoms with Crippen LogP contribution in [-0.4, -0.2) is 46.2 Å². The zero-order chi connectivity index (χ0) is 19.0. The van der Waals surface area contributed by atoms with E-state index in [9.17, 15) is 9.90 Å². The lowest BCUT2D eigenvalue weighted by Gasteiger charge is -2.25. The number of methoxy groups -OCH3 is 1. The summed E-state index contributed by atoms with van der Waals surface area (Å²) in [6, 6.07) is 9.34. The van der Waals surface area contributed by atoms with E-state index in [4.69, 9.17) is 4.74 Å². The Labute approximate surface area is 158 Å². The first-order valence-electron chi connectivity index (χ1n) is 9.07. The van der Waals surface area contributed by atoms with E-state index in [2.05, 4.69) is 21.5 Å². The topological polar surface area (TPSA) is 67.6 Å². The second-order valence-corrected chi connectivity index (χ2v) is 7.04. The number of aliphatic hydroxyl groups is 1. The van der Waals surface area contributed by atoms with E-state index in [1.54, 1.807) is 18.5 Å². The first kappa shape index (κ1) is 17.7. The molecule has 6 nitrogen and oxygen atoms in total. The molecule has 0 fully saturated rings. The molecule has 1 aliphatic rings. The van der Waals surface area contributed by atoms with Gasteiger partial charge < -0.3 is 19.3 Å². The Morgan fingerprint density at radius 2 is 2.07 bits per heavy atom. The third-order valence-electron chi connectivity index (χ3n) is 5.31. The molecule has 2 aromatic heterocycles. The molecule has 0 bridgehead atoms. The van der Waals surface area contributed by atoms with Crippen molar-refractivity contribution in [1.82, 2.24) is 14.5 Å². The van der Waals surface area contributed by atoms with Gasteiger partial charge in [0.1, 0.15) is 0 Å². The van der Waals surface area contributed by atoms with Gasteiger partial charge in [-0.25, -0.2) is 4.79 Å². The highest BCUT2D eigenvalue weighted by Crippen LogP contribution is 2.33. The van der Waals surface area contributed by atoms with Crippen LogP contribution in [0.5, 0.6) is 0 Å². The van der Waals surface area contributed by atoms with Gasteiger partial charge in [0.25, 0.3) is 0 Å². The van der Waals surface area contributed by atoms with Gasteiger partial charge in [-0.15, -0.1) is 0 Å². The molecule has 1 unspecified atom stereocenters. The Morgan fingerprint density at radius 1 is 1.30 bits per heavy atom. The summed E-state index contributed by atoms with van der Waals surface area (Å²) in [5, 5.41) is 11.8. The molecular formula is C21H23N3O3. The maximum atomic E-state index is 12.0. The number of hydrogen-bond donors (Lipinski definition) is 1. The number of aromatic nitrogens is 2. The van der Waals surface area contributed by atoms with Crippen molar-refractivity contribution in [3.8, 4) is 0 Å². The third-order valence-corrected chi connectivity index (χ3v) is 5.31. The average molecular weight is 365 g/mol. The van der Waals surface area contributed by atoms with Gasteiger partial charge in [0.15, 0.2) is 0 Å². The van der Waals surface area contributed by atoms with E-state index in [-0.39, 0.29) is 5.97 Å². The number of hydrogen-bond acceptors (Lipinski definition) is 5. The van der Waals surface area contributed by atoms with Crippen molar-refractivity contribution in [2.24, 2.45) is 0 Å². The molecule has 1 aromatic carbocycles. The van der Waals surface area contributed by atoms with E-state index in [0.717, 1.165) is 36.0 Å². The van der Waals surface area contributed by atoms with Crippen LogP contribution in [0.1, 0.15) is 33.3 Å². The predicted octanol–water partition coefficient (Wildman–Crippen LogP) is 2.54. The van der Waals surface area contributed by atoms with Crippen LogP contribution in [0.4, 0.5) is 0 Å². The number of pyridine rings is 1. The van der Waals surface area contributed by atoms with E-state index >= 15 is 0 Å². The molecule has 1 atom stereocenters. The quantitative estimate of drug-likeness (QED) is 0.720. The molecule has 0 radical (unpaired) electrons. The molecule has 140 valence electrons. The molecule has 6 heteroatoms. The van der Waals surface area contributed by atoms with Crippen molar-refractivity contribution in [2.45, 2.75) is 25.6 Å². The summed E-state index contributed by atoms with van der Waals surface area (Å²) in [5.74, 6) is -0.334. The standard InChI is InChI=1S/C21H23N3O3/c1-23-10-7-19-17(12-23)16-11-15(21(26)27-2)3-4-18(16)24(19)13-20(25)14-5-8-22-9-6-14/h3-6,8-9,11,20,25H,7,10,12-13H2,1-2H3. The van der Waals surface area contributed by atoms with Crippen molar-refractivity contribution in [3.05, 3.63) is 65.1 Å². The largest absolute Gasteiger partial charge is 0.465 e. The summed E-state index contributed by atoms with van der Waals surface area (Å²) in [4.78, 5) is 18.3. The summed E-state index contributed by atoms with van der Waals surface area (Å²) < 4.78 is 7.08. The highest BCUT2D eigenvalue weighted by atomic mass is 16.5. The van der Waals surface area contributed by atoms with Gasteiger partial charge in [-0.3, -0.25) is 4.98 Å². The van der Waals surface area contributed by atoms with Crippen LogP contribution in [0.15, 0.2) is 42.7 Å². The lowest BCUT2D eigenvalue weighted by Crippen LogP contribution is -2.27. The number of carbonyl (C=O) groups is 1. The SMILES string of the molecule is COC(=O)c1ccc2c(c1)c1c(n2CC(O)c2ccncc2)CCN(C)C1. The normalized spacial score (nSPS) is 15.5. The van der Waals surface area contributed by atoms with Crippen LogP contribution in [0.25, 0.3) is 10.9 Å². The van der Waals surface area contributed by atoms with E-state index in [0.29, 0.717) is 12.1 Å². The Balaban J connectivity index is 1.81. The first-order chi connectivity index (χ1) is 13.1. The summed E-state index contributed by atoms with van der Waals surface area (Å²) in [6.07, 6.45) is 3.68. The summed E-state index contributed by atoms with van der Waals surface area (Å²) in [5.41, 5.74) is 4.90. The van der Waals surface area contributed by atoms with E-state index in [1.807, 2.05) is 24.3 Å². The smallest absolute Gasteiger partial charge is 0.337 e. The molecule has 1 aliphatic heterocycles. The van der Waals surface area contributed by atoms with Crippen LogP contribution < -0.4 is 0 Å². The zero-order valence-electron chi connectivity index (χ0n) is 15.6. The number of benzene rings is 1. The molecular weight excluding hydrogens is 342 g/mol. The number of rotatable bonds is 4. The van der Waals surface area contributed by atoms with Crippen LogP contribution in [0.2, 0.25) is 0 Å². The number of carbonyl (C=O) groups excluding carboxylic acids is 1. The number of esters is 1. The fraction of sp³-hybridized carbons (Fsp3) is 0.333. The van der Waals surface area contributed by atoms with Crippen molar-refractivity contribution < 1.29 is 14.6 Å². The molecule has 1 N–H and O–H groups in total. The van der Waals surface area contributed by atoms with Gasteiger partial charge in [0.2, 0.25) is 0 Å². The molecule has 27 heavy (non-hydrogen) atoms. The maximum absolute atomic E-state index is 12.0. The van der Waals surface area contributed by atoms with Gasteiger partial charge in [-0.05, 0) is 48.5 Å². The van der Waals surface area contributed by atoms with Gasteiger partial charge in [-0.2, -0.15) is 0 Å². The van der Waals surface area contributed by atoms with Gasteiger partial charge >= 0.3 is 5.97 Å². The van der Waals surface area contributed by atoms with Crippen LogP contribution in [0.3, 0.4) is 0 Å². The van der Waals surface area contributed by atoms with Crippen LogP contribution >= 0.6 is 0 Å². The second-order valence-electron chi connectivity index (χ2n) is 7.04. The van der Waals surface area contributed by atoms with E-state index in [1.165, 1.54) is 18.4 Å². The van der Waals surface area contributed by atoms with Crippen molar-refractivity contribution in [3.63, 3.8) is 0 Å². The lowest BCUT2D eigenvalue weighted by molar-refractivity contribution is 0.0601. The number of fused-ring (bicyclic) bond motifs is 3. The number of ether oxygens (including phenoxy) is 1. The monoisotopic (exact) mass is 365 g/mol. The zero-order valence-corrected chi connectivity index (χ0v) is 15.6. The minimum Gasteiger partial charge on any atom is -0.465 e. The molecule has 0 saturated carbocycles. The number of likely N-dealkylation sites (N-methyl/N-ethyl adjacent to an activating group) is 1. The van der Waals surface area contributed by atoms with Crippen molar-refractivity contribution >= 4 is 16.9 Å². The Hall–Kier alpha value is -2.70. The molecule has 0 spiro atoms. The first-order valence-corrected chi connectivity index (χ1v) is 9.07. The Kier molecular flexibility index (Phi) is 4.68. The number of nitrogens with zero attached hydrogens (tertiary/aromatic N) is 3. The highest BCUT2D eigenvalue weighted by molar-refractivity contribution is 5.96. The second kappa shape index (κ2) is 7.13. The minimum absolute atomic E-state index is 0.334. The Morgan fingerprint density at radius 3 is 2.81 bits per heavy atom. The van der Waals surface area contributed by atoms with Crippen LogP contribution in [0, 0.1) is 0 Å². The molecule has 3 heterocycles. The fourth-order valence-electron chi connectivity index (χ4n) is 3.90. The maximum Gasteiger partial charge on any atom is 0.337 e. The van der Waals surface area contributed by atoms with Crippen molar-refractivity contribution in [2.75, 3.05) is 20.7 Å². The molecule has 4 rings (SSSR count). The molecule has 3 aromatic rings. The van der Waals surface area contributed by atoms with Gasteiger partial charge in [-0.1, -0.05) is 0 Å². The Bertz CT molecular complexity index is 981. The third kappa shape index (κ3) is 3.22. The minimum atomic E-state index is -0.618. The summed E-state index contributed by atoms with van der Waals surface area (Å²) in [6.45, 7) is 2.27. The average Bonchev–Trinajstić information content (AvgIpc) is 3.00. The summed E-state index contributed by atoms with van der Waals surface area (Å²) >= 11 is 0. The van der Waals surface area contributed by atoms with Gasteiger partial charge in [0.05, 0.1) is 25.3 Å². The van der Waals surface area contributed by atoms with Crippen LogP contribution in [-0.2, 0) is 24.2 Å². The lowest BCUT2D eigenvalue weighted by atomic mass is 10.0. The highest BCUT2D eigenvalue weighted by Gasteiger charge is 2.24. The van der Waals surface area contributed by atoms with E-state index < -0.39 is 6.10 Å². The fourth-order valence-corrected chi connectivity index (χ4v) is 3.90. The molecule has 0 amide bonds. The predicted molar refractivity (Wildman–Crippen MR) is 103 cm³/mol. The van der Waals surface area contributed by atoms with Crippen molar-refractivity contribution in [1.29, 1.82) is 0 Å². The number of aliphatic hydroxyl groups excluding tert-OH is 1.